The van der Waals surface area contributed by atoms with Crippen LogP contribution in [0.5, 0.6) is 17.2 Å². The molecule has 7 heteroatoms. The van der Waals surface area contributed by atoms with Crippen molar-refractivity contribution in [3.05, 3.63) is 113 Å². The van der Waals surface area contributed by atoms with Gasteiger partial charge in [0.15, 0.2) is 17.3 Å². The van der Waals surface area contributed by atoms with E-state index in [2.05, 4.69) is 11.9 Å². The van der Waals surface area contributed by atoms with E-state index in [1.165, 1.54) is 6.07 Å². The number of nitrogens with one attached hydrogen (secondary N) is 1. The highest BCUT2D eigenvalue weighted by molar-refractivity contribution is 6.01. The highest BCUT2D eigenvalue weighted by atomic mass is 16.5. The second-order valence-electron chi connectivity index (χ2n) is 10.1. The number of hydrogen-bond acceptors (Lipinski definition) is 7. The van der Waals surface area contributed by atoms with Crippen molar-refractivity contribution < 1.29 is 28.9 Å². The van der Waals surface area contributed by atoms with Crippen molar-refractivity contribution in [3.8, 4) is 17.2 Å². The van der Waals surface area contributed by atoms with Crippen LogP contribution in [0.25, 0.3) is 0 Å². The maximum atomic E-state index is 13.9. The molecule has 7 nitrogen and oxygen atoms in total. The maximum Gasteiger partial charge on any atom is 0.316 e. The van der Waals surface area contributed by atoms with Crippen LogP contribution in [0.4, 0.5) is 0 Å². The molecule has 0 fully saturated rings. The first-order chi connectivity index (χ1) is 19.4. The minimum Gasteiger partial charge on any atom is -0.504 e. The van der Waals surface area contributed by atoms with Gasteiger partial charge in [-0.05, 0) is 60.2 Å². The van der Waals surface area contributed by atoms with Crippen LogP contribution in [-0.2, 0) is 20.9 Å². The van der Waals surface area contributed by atoms with Crippen LogP contribution in [0.2, 0.25) is 0 Å². The van der Waals surface area contributed by atoms with Crippen molar-refractivity contribution in [2.75, 3.05) is 13.7 Å². The largest absolute Gasteiger partial charge is 0.504 e. The quantitative estimate of drug-likeness (QED) is 0.352. The Balaban J connectivity index is 1.53. The molecule has 0 aromatic heterocycles. The zero-order valence-corrected chi connectivity index (χ0v) is 22.7. The lowest BCUT2D eigenvalue weighted by molar-refractivity contribution is -0.149. The van der Waals surface area contributed by atoms with Gasteiger partial charge in [0.2, 0.25) is 0 Å². The Morgan fingerprint density at radius 1 is 1.02 bits per heavy atom. The minimum absolute atomic E-state index is 0.00897. The van der Waals surface area contributed by atoms with Gasteiger partial charge in [-0.2, -0.15) is 0 Å². The first kappa shape index (κ1) is 27.1. The van der Waals surface area contributed by atoms with Gasteiger partial charge in [0.1, 0.15) is 18.3 Å². The van der Waals surface area contributed by atoms with Crippen molar-refractivity contribution in [1.29, 1.82) is 0 Å². The molecule has 0 bridgehead atoms. The lowest BCUT2D eigenvalue weighted by Crippen LogP contribution is -2.42. The lowest BCUT2D eigenvalue weighted by Gasteiger charge is -2.40. The van der Waals surface area contributed by atoms with E-state index in [-0.39, 0.29) is 24.1 Å². The number of methoxy groups -OCH3 is 1. The first-order valence-corrected chi connectivity index (χ1v) is 13.4. The Bertz CT molecular complexity index is 1440. The second-order valence-corrected chi connectivity index (χ2v) is 10.1. The van der Waals surface area contributed by atoms with Gasteiger partial charge in [0, 0.05) is 29.3 Å². The molecule has 0 radical (unpaired) electrons. The number of allylic oxidation sites excluding steroid dienone is 2. The number of carbonyl (C=O) groups excluding carboxylic acids is 2. The molecule has 3 aromatic rings. The first-order valence-electron chi connectivity index (χ1n) is 13.4. The third-order valence-electron chi connectivity index (χ3n) is 7.55. The van der Waals surface area contributed by atoms with Gasteiger partial charge in [-0.15, -0.1) is 0 Å². The highest BCUT2D eigenvalue weighted by Gasteiger charge is 2.45. The normalized spacial score (nSPS) is 20.4. The standard InChI is InChI=1S/C33H33NO6/c1-4-39-29-18-23(12-15-27(29)35)31-30(33(37)40-19-21-8-6-5-7-9-21)20(2)34-26-16-24(17-28(36)32(26)31)22-10-13-25(38-3)14-11-22/h5-15,18,24,30-31,34-35H,2,4,16-17,19H2,1,3H3. The van der Waals surface area contributed by atoms with E-state index in [0.717, 1.165) is 22.6 Å². The van der Waals surface area contributed by atoms with Crippen LogP contribution in [0, 0.1) is 5.92 Å². The zero-order chi connectivity index (χ0) is 28.2. The summed E-state index contributed by atoms with van der Waals surface area (Å²) in [5.74, 6) is -0.998. The molecule has 3 atom stereocenters. The fourth-order valence-corrected chi connectivity index (χ4v) is 5.61. The summed E-state index contributed by atoms with van der Waals surface area (Å²) in [5.41, 5.74) is 4.35. The summed E-state index contributed by atoms with van der Waals surface area (Å²) in [7, 11) is 1.62. The Morgan fingerprint density at radius 2 is 1.75 bits per heavy atom. The molecule has 3 aromatic carbocycles. The summed E-state index contributed by atoms with van der Waals surface area (Å²) >= 11 is 0. The molecule has 1 aliphatic heterocycles. The molecule has 2 N–H and O–H groups in total. The summed E-state index contributed by atoms with van der Waals surface area (Å²) in [6, 6.07) is 22.2. The van der Waals surface area contributed by atoms with E-state index in [0.29, 0.717) is 42.0 Å². The summed E-state index contributed by atoms with van der Waals surface area (Å²) in [5, 5.41) is 13.7. The Kier molecular flexibility index (Phi) is 7.91. The number of Topliss-reactive ketones (excluding diaryl/α,β-unsaturated/α-hetero) is 1. The van der Waals surface area contributed by atoms with Crippen molar-refractivity contribution in [3.63, 3.8) is 0 Å². The maximum absolute atomic E-state index is 13.9. The van der Waals surface area contributed by atoms with E-state index in [1.807, 2.05) is 61.5 Å². The molecule has 3 unspecified atom stereocenters. The third kappa shape index (κ3) is 5.45. The fraction of sp³-hybridized carbons (Fsp3) is 0.273. The van der Waals surface area contributed by atoms with E-state index < -0.39 is 17.8 Å². The molecule has 40 heavy (non-hydrogen) atoms. The molecule has 1 heterocycles. The van der Waals surface area contributed by atoms with E-state index >= 15 is 0 Å². The number of hydrogen-bond donors (Lipinski definition) is 2. The van der Waals surface area contributed by atoms with Gasteiger partial charge < -0.3 is 24.6 Å². The molecule has 0 saturated carbocycles. The number of benzene rings is 3. The third-order valence-corrected chi connectivity index (χ3v) is 7.55. The van der Waals surface area contributed by atoms with Gasteiger partial charge in [-0.1, -0.05) is 55.1 Å². The van der Waals surface area contributed by atoms with E-state index in [1.54, 1.807) is 19.2 Å². The molecule has 0 saturated heterocycles. The predicted octanol–water partition coefficient (Wildman–Crippen LogP) is 5.76. The molecule has 0 spiro atoms. The highest BCUT2D eigenvalue weighted by Crippen LogP contribution is 2.48. The second kappa shape index (κ2) is 11.7. The summed E-state index contributed by atoms with van der Waals surface area (Å²) in [4.78, 5) is 27.5. The monoisotopic (exact) mass is 539 g/mol. The molecule has 1 aliphatic carbocycles. The summed E-state index contributed by atoms with van der Waals surface area (Å²) in [6.45, 7) is 6.49. The van der Waals surface area contributed by atoms with Crippen LogP contribution in [-0.4, -0.2) is 30.6 Å². The van der Waals surface area contributed by atoms with Crippen molar-refractivity contribution in [2.24, 2.45) is 5.92 Å². The molecule has 0 amide bonds. The topological polar surface area (TPSA) is 94.1 Å². The number of phenols is 1. The predicted molar refractivity (Wildman–Crippen MR) is 151 cm³/mol. The smallest absolute Gasteiger partial charge is 0.316 e. The van der Waals surface area contributed by atoms with Crippen LogP contribution in [0.15, 0.2) is 96.3 Å². The van der Waals surface area contributed by atoms with Gasteiger partial charge in [-0.3, -0.25) is 9.59 Å². The summed E-state index contributed by atoms with van der Waals surface area (Å²) < 4.78 is 16.7. The fourth-order valence-electron chi connectivity index (χ4n) is 5.61. The van der Waals surface area contributed by atoms with Gasteiger partial charge >= 0.3 is 5.97 Å². The zero-order valence-electron chi connectivity index (χ0n) is 22.7. The number of carbonyl (C=O) groups is 2. The molecule has 5 rings (SSSR count). The van der Waals surface area contributed by atoms with Crippen LogP contribution in [0.1, 0.15) is 48.3 Å². The Labute approximate surface area is 234 Å². The Hall–Kier alpha value is -4.52. The van der Waals surface area contributed by atoms with Gasteiger partial charge in [-0.25, -0.2) is 0 Å². The van der Waals surface area contributed by atoms with Crippen molar-refractivity contribution in [2.45, 2.75) is 38.2 Å². The average Bonchev–Trinajstić information content (AvgIpc) is 2.97. The summed E-state index contributed by atoms with van der Waals surface area (Å²) in [6.07, 6.45) is 0.892. The average molecular weight is 540 g/mol. The molecular formula is C33H33NO6. The number of rotatable bonds is 8. The van der Waals surface area contributed by atoms with Gasteiger partial charge in [0.05, 0.1) is 13.7 Å². The Morgan fingerprint density at radius 3 is 2.45 bits per heavy atom. The van der Waals surface area contributed by atoms with Crippen LogP contribution in [0.3, 0.4) is 0 Å². The number of phenolic OH excluding ortho intramolecular Hbond substituents is 1. The number of aromatic hydroxyl groups is 1. The lowest BCUT2D eigenvalue weighted by atomic mass is 9.69. The van der Waals surface area contributed by atoms with Gasteiger partial charge in [0.25, 0.3) is 0 Å². The molecule has 206 valence electrons. The number of ketones is 1. The van der Waals surface area contributed by atoms with Crippen molar-refractivity contribution >= 4 is 11.8 Å². The SMILES string of the molecule is C=C1NC2=C(C(=O)CC(c3ccc(OC)cc3)C2)C(c2ccc(O)c(OCC)c2)C1C(=O)OCc1ccccc1. The van der Waals surface area contributed by atoms with E-state index in [4.69, 9.17) is 14.2 Å². The molecular weight excluding hydrogens is 506 g/mol. The van der Waals surface area contributed by atoms with E-state index in [9.17, 15) is 14.7 Å². The molecule has 2 aliphatic rings. The van der Waals surface area contributed by atoms with Crippen LogP contribution >= 0.6 is 0 Å². The van der Waals surface area contributed by atoms with Crippen LogP contribution < -0.4 is 14.8 Å². The van der Waals surface area contributed by atoms with Crippen molar-refractivity contribution in [1.82, 2.24) is 5.32 Å². The number of ether oxygens (including phenoxy) is 3. The number of esters is 1. The minimum atomic E-state index is -0.844.